The number of nitrogens with zero attached hydrogens (tertiary/aromatic N) is 4. The first kappa shape index (κ1) is 13.9. The van der Waals surface area contributed by atoms with Gasteiger partial charge in [0.2, 0.25) is 0 Å². The van der Waals surface area contributed by atoms with E-state index in [9.17, 15) is 15.2 Å². The number of ether oxygens (including phenoxy) is 1. The van der Waals surface area contributed by atoms with Gasteiger partial charge in [-0.05, 0) is 0 Å². The highest BCUT2D eigenvalue weighted by atomic mass is 16.6. The van der Waals surface area contributed by atoms with Gasteiger partial charge in [0.25, 0.3) is 0 Å². The minimum atomic E-state index is -0.664. The number of hydrazine groups is 1. The van der Waals surface area contributed by atoms with E-state index in [4.69, 9.17) is 4.74 Å². The number of hydrogen-bond donors (Lipinski definition) is 2. The molecule has 1 unspecified atom stereocenters. The van der Waals surface area contributed by atoms with Gasteiger partial charge in [-0.15, -0.1) is 0 Å². The van der Waals surface area contributed by atoms with Crippen LogP contribution in [0.15, 0.2) is 12.4 Å². The molecule has 9 heteroatoms. The van der Waals surface area contributed by atoms with Gasteiger partial charge >= 0.3 is 5.69 Å². The van der Waals surface area contributed by atoms with Crippen molar-refractivity contribution in [2.45, 2.75) is 12.6 Å². The molecule has 106 valence electrons. The van der Waals surface area contributed by atoms with Crippen LogP contribution in [0.3, 0.4) is 0 Å². The number of hydrogen-bond acceptors (Lipinski definition) is 7. The normalized spacial score (nSPS) is 18.4. The quantitative estimate of drug-likeness (QED) is 0.504. The lowest BCUT2D eigenvalue weighted by atomic mass is 10.3. The molecule has 2 heterocycles. The van der Waals surface area contributed by atoms with Crippen LogP contribution in [-0.4, -0.2) is 63.8 Å². The topological polar surface area (TPSA) is 106 Å². The summed E-state index contributed by atoms with van der Waals surface area (Å²) in [7, 11) is 0. The number of nitro groups is 1. The van der Waals surface area contributed by atoms with Gasteiger partial charge in [-0.3, -0.25) is 20.2 Å². The number of morpholine rings is 1. The van der Waals surface area contributed by atoms with Crippen molar-refractivity contribution < 1.29 is 14.8 Å². The third-order valence-electron chi connectivity index (χ3n) is 2.79. The smallest absolute Gasteiger partial charge is 0.306 e. The van der Waals surface area contributed by atoms with Crippen LogP contribution in [0.2, 0.25) is 0 Å². The summed E-state index contributed by atoms with van der Waals surface area (Å²) in [4.78, 5) is 9.98. The van der Waals surface area contributed by atoms with Crippen LogP contribution in [0.1, 0.15) is 0 Å². The Morgan fingerprint density at radius 2 is 2.32 bits per heavy atom. The van der Waals surface area contributed by atoms with Crippen LogP contribution in [0.5, 0.6) is 0 Å². The van der Waals surface area contributed by atoms with Gasteiger partial charge in [0, 0.05) is 19.6 Å². The van der Waals surface area contributed by atoms with Crippen LogP contribution in [0.4, 0.5) is 5.69 Å². The van der Waals surface area contributed by atoms with E-state index in [-0.39, 0.29) is 12.2 Å². The van der Waals surface area contributed by atoms with Gasteiger partial charge in [0.05, 0.1) is 30.8 Å². The highest BCUT2D eigenvalue weighted by molar-refractivity contribution is 5.20. The maximum Gasteiger partial charge on any atom is 0.306 e. The maximum absolute atomic E-state index is 10.5. The SMILES string of the molecule is O=[N+]([O-])c1cnn(CC(O)CNN2CCOCC2)c1. The van der Waals surface area contributed by atoms with Gasteiger partial charge in [-0.2, -0.15) is 5.10 Å². The predicted molar refractivity (Wildman–Crippen MR) is 65.3 cm³/mol. The third kappa shape index (κ3) is 4.24. The van der Waals surface area contributed by atoms with E-state index in [0.717, 1.165) is 13.1 Å². The molecule has 1 fully saturated rings. The van der Waals surface area contributed by atoms with E-state index in [1.54, 1.807) is 0 Å². The summed E-state index contributed by atoms with van der Waals surface area (Å²) in [5.41, 5.74) is 3.02. The predicted octanol–water partition coefficient (Wildman–Crippen LogP) is -1.01. The molecule has 9 nitrogen and oxygen atoms in total. The van der Waals surface area contributed by atoms with Crippen molar-refractivity contribution in [2.24, 2.45) is 0 Å². The van der Waals surface area contributed by atoms with Crippen molar-refractivity contribution >= 4 is 5.69 Å². The molecule has 0 bridgehead atoms. The average Bonchev–Trinajstić information content (AvgIpc) is 2.86. The molecule has 0 radical (unpaired) electrons. The average molecular weight is 271 g/mol. The van der Waals surface area contributed by atoms with E-state index in [1.807, 2.05) is 5.01 Å². The molecule has 1 atom stereocenters. The molecule has 2 rings (SSSR count). The molecule has 0 aromatic carbocycles. The molecule has 1 saturated heterocycles. The monoisotopic (exact) mass is 271 g/mol. The molecular weight excluding hydrogens is 254 g/mol. The lowest BCUT2D eigenvalue weighted by Gasteiger charge is -2.28. The van der Waals surface area contributed by atoms with Crippen LogP contribution in [0, 0.1) is 10.1 Å². The second-order valence-corrected chi connectivity index (χ2v) is 4.29. The molecule has 1 aliphatic heterocycles. The zero-order valence-electron chi connectivity index (χ0n) is 10.4. The summed E-state index contributed by atoms with van der Waals surface area (Å²) in [5, 5.41) is 26.1. The standard InChI is InChI=1S/C10H17N5O4/c16-10(6-12-13-1-3-19-4-2-13)8-14-7-9(5-11-14)15(17)18/h5,7,10,12,16H,1-4,6,8H2. The first-order chi connectivity index (χ1) is 9.15. The third-order valence-corrected chi connectivity index (χ3v) is 2.79. The van der Waals surface area contributed by atoms with Crippen molar-refractivity contribution in [3.63, 3.8) is 0 Å². The van der Waals surface area contributed by atoms with E-state index in [0.29, 0.717) is 19.8 Å². The largest absolute Gasteiger partial charge is 0.390 e. The number of aromatic nitrogens is 2. The van der Waals surface area contributed by atoms with Crippen LogP contribution in [0.25, 0.3) is 0 Å². The summed E-state index contributed by atoms with van der Waals surface area (Å²) in [6, 6.07) is 0. The van der Waals surface area contributed by atoms with Crippen molar-refractivity contribution in [3.8, 4) is 0 Å². The van der Waals surface area contributed by atoms with Gasteiger partial charge in [-0.1, -0.05) is 0 Å². The molecule has 0 spiro atoms. The van der Waals surface area contributed by atoms with E-state index in [2.05, 4.69) is 10.5 Å². The summed E-state index contributed by atoms with van der Waals surface area (Å²) in [6.07, 6.45) is 1.81. The van der Waals surface area contributed by atoms with Crippen LogP contribution >= 0.6 is 0 Å². The molecule has 0 saturated carbocycles. The number of rotatable bonds is 6. The Labute approximate surface area is 109 Å². The maximum atomic E-state index is 10.5. The lowest BCUT2D eigenvalue weighted by molar-refractivity contribution is -0.385. The Kier molecular flexibility index (Phi) is 4.80. The van der Waals surface area contributed by atoms with Crippen molar-refractivity contribution in [1.29, 1.82) is 0 Å². The first-order valence-corrected chi connectivity index (χ1v) is 6.06. The molecule has 1 aliphatic rings. The van der Waals surface area contributed by atoms with Crippen molar-refractivity contribution in [1.82, 2.24) is 20.2 Å². The molecular formula is C10H17N5O4. The minimum absolute atomic E-state index is 0.0756. The molecule has 19 heavy (non-hydrogen) atoms. The van der Waals surface area contributed by atoms with E-state index in [1.165, 1.54) is 17.1 Å². The molecule has 0 aliphatic carbocycles. The highest BCUT2D eigenvalue weighted by Crippen LogP contribution is 2.08. The number of nitrogens with one attached hydrogen (secondary N) is 1. The first-order valence-electron chi connectivity index (χ1n) is 6.06. The fraction of sp³-hybridized carbons (Fsp3) is 0.700. The minimum Gasteiger partial charge on any atom is -0.390 e. The summed E-state index contributed by atoms with van der Waals surface area (Å²) in [5.74, 6) is 0. The van der Waals surface area contributed by atoms with Gasteiger partial charge < -0.3 is 9.84 Å². The Bertz CT molecular complexity index is 418. The number of aliphatic hydroxyl groups is 1. The van der Waals surface area contributed by atoms with E-state index < -0.39 is 11.0 Å². The fourth-order valence-electron chi connectivity index (χ4n) is 1.78. The van der Waals surface area contributed by atoms with Crippen LogP contribution in [-0.2, 0) is 11.3 Å². The van der Waals surface area contributed by atoms with Crippen LogP contribution < -0.4 is 5.43 Å². The second-order valence-electron chi connectivity index (χ2n) is 4.29. The van der Waals surface area contributed by atoms with Gasteiger partial charge in [0.1, 0.15) is 12.4 Å². The molecule has 1 aromatic rings. The molecule has 0 amide bonds. The fourth-order valence-corrected chi connectivity index (χ4v) is 1.78. The second kappa shape index (κ2) is 6.57. The zero-order valence-corrected chi connectivity index (χ0v) is 10.4. The summed E-state index contributed by atoms with van der Waals surface area (Å²) in [6.45, 7) is 3.49. The van der Waals surface area contributed by atoms with Gasteiger partial charge in [0.15, 0.2) is 0 Å². The highest BCUT2D eigenvalue weighted by Gasteiger charge is 2.14. The lowest BCUT2D eigenvalue weighted by Crippen LogP contribution is -2.48. The summed E-state index contributed by atoms with van der Waals surface area (Å²) >= 11 is 0. The zero-order chi connectivity index (χ0) is 13.7. The van der Waals surface area contributed by atoms with E-state index >= 15 is 0 Å². The number of aliphatic hydroxyl groups excluding tert-OH is 1. The molecule has 2 N–H and O–H groups in total. The Morgan fingerprint density at radius 3 is 2.95 bits per heavy atom. The van der Waals surface area contributed by atoms with Gasteiger partial charge in [-0.25, -0.2) is 5.01 Å². The Balaban J connectivity index is 1.73. The van der Waals surface area contributed by atoms with Crippen molar-refractivity contribution in [3.05, 3.63) is 22.5 Å². The molecule has 1 aromatic heterocycles. The van der Waals surface area contributed by atoms with Crippen molar-refractivity contribution in [2.75, 3.05) is 32.8 Å². The summed E-state index contributed by atoms with van der Waals surface area (Å²) < 4.78 is 6.57. The Morgan fingerprint density at radius 1 is 1.58 bits per heavy atom. The Hall–Kier alpha value is -1.55.